The third kappa shape index (κ3) is 4.39. The Kier molecular flexibility index (Phi) is 6.02. The molecule has 0 saturated carbocycles. The molecule has 0 aliphatic carbocycles. The number of fused-ring (bicyclic) bond motifs is 1. The highest BCUT2D eigenvalue weighted by atomic mass is 16.5. The van der Waals surface area contributed by atoms with Crippen LogP contribution >= 0.6 is 0 Å². The molecule has 1 aromatic carbocycles. The van der Waals surface area contributed by atoms with Crippen LogP contribution in [-0.2, 0) is 20.9 Å². The number of carbonyl (C=O) groups excluding carboxylic acids is 1. The number of para-hydroxylation sites is 1. The molecule has 0 saturated heterocycles. The summed E-state index contributed by atoms with van der Waals surface area (Å²) in [7, 11) is 1.46. The van der Waals surface area contributed by atoms with Gasteiger partial charge in [-0.2, -0.15) is 0 Å². The van der Waals surface area contributed by atoms with E-state index in [-0.39, 0.29) is 31.6 Å². The zero-order chi connectivity index (χ0) is 17.5. The lowest BCUT2D eigenvalue weighted by molar-refractivity contribution is -0.142. The van der Waals surface area contributed by atoms with Gasteiger partial charge in [0.1, 0.15) is 6.04 Å². The lowest BCUT2D eigenvalue weighted by atomic mass is 10.2. The average Bonchev–Trinajstić information content (AvgIpc) is 2.58. The monoisotopic (exact) mass is 333 g/mol. The van der Waals surface area contributed by atoms with Gasteiger partial charge in [-0.15, -0.1) is 0 Å². The molecule has 0 spiro atoms. The molecule has 2 rings (SSSR count). The van der Waals surface area contributed by atoms with Crippen LogP contribution in [0.4, 0.5) is 0 Å². The Morgan fingerprint density at radius 3 is 2.83 bits per heavy atom. The first-order valence-corrected chi connectivity index (χ1v) is 7.48. The number of ether oxygens (including phenoxy) is 1. The van der Waals surface area contributed by atoms with Gasteiger partial charge >= 0.3 is 5.97 Å². The number of aromatic nitrogens is 2. The number of carboxylic acid groups (broad SMARTS) is 1. The molecule has 8 heteroatoms. The Morgan fingerprint density at radius 1 is 1.38 bits per heavy atom. The number of amides is 1. The molecule has 0 bridgehead atoms. The molecule has 1 aromatic heterocycles. The number of rotatable bonds is 8. The van der Waals surface area contributed by atoms with Crippen LogP contribution in [0.3, 0.4) is 0 Å². The minimum Gasteiger partial charge on any atom is -0.480 e. The fraction of sp³-hybridized carbons (Fsp3) is 0.375. The summed E-state index contributed by atoms with van der Waals surface area (Å²) in [6, 6.07) is 5.94. The summed E-state index contributed by atoms with van der Waals surface area (Å²) in [5.41, 5.74) is 0.358. The van der Waals surface area contributed by atoms with Gasteiger partial charge < -0.3 is 15.2 Å². The van der Waals surface area contributed by atoms with E-state index in [2.05, 4.69) is 10.3 Å². The molecule has 2 N–H and O–H groups in total. The predicted octanol–water partition coefficient (Wildman–Crippen LogP) is 0.393. The minimum absolute atomic E-state index is 0.0172. The molecule has 0 radical (unpaired) electrons. The normalized spacial score (nSPS) is 12.0. The molecule has 0 aliphatic heterocycles. The maximum atomic E-state index is 12.3. The number of benzene rings is 1. The van der Waals surface area contributed by atoms with Crippen LogP contribution in [-0.4, -0.2) is 46.3 Å². The second-order valence-corrected chi connectivity index (χ2v) is 5.25. The van der Waals surface area contributed by atoms with Gasteiger partial charge in [-0.25, -0.2) is 9.78 Å². The molecule has 0 fully saturated rings. The first-order chi connectivity index (χ1) is 11.5. The number of carboxylic acids is 1. The summed E-state index contributed by atoms with van der Waals surface area (Å²) >= 11 is 0. The Hall–Kier alpha value is -2.74. The molecule has 1 atom stereocenters. The fourth-order valence-electron chi connectivity index (χ4n) is 2.25. The predicted molar refractivity (Wildman–Crippen MR) is 86.7 cm³/mol. The summed E-state index contributed by atoms with van der Waals surface area (Å²) in [5.74, 6) is -1.57. The second-order valence-electron chi connectivity index (χ2n) is 5.25. The number of nitrogens with one attached hydrogen (secondary N) is 1. The van der Waals surface area contributed by atoms with E-state index in [1.807, 2.05) is 0 Å². The van der Waals surface area contributed by atoms with Crippen molar-refractivity contribution in [3.05, 3.63) is 40.9 Å². The SMILES string of the molecule is COCCC(NC(=O)CCn1cnc2ccccc2c1=O)C(=O)O. The third-order valence-electron chi connectivity index (χ3n) is 3.56. The Bertz CT molecular complexity index is 787. The van der Waals surface area contributed by atoms with Gasteiger partial charge in [0.2, 0.25) is 5.91 Å². The number of hydrogen-bond acceptors (Lipinski definition) is 5. The highest BCUT2D eigenvalue weighted by molar-refractivity contribution is 5.83. The van der Waals surface area contributed by atoms with E-state index in [0.717, 1.165) is 0 Å². The summed E-state index contributed by atoms with van der Waals surface area (Å²) < 4.78 is 6.16. The third-order valence-corrected chi connectivity index (χ3v) is 3.56. The van der Waals surface area contributed by atoms with Crippen molar-refractivity contribution in [2.24, 2.45) is 0 Å². The number of nitrogens with zero attached hydrogens (tertiary/aromatic N) is 2. The molecule has 1 amide bonds. The van der Waals surface area contributed by atoms with E-state index in [1.54, 1.807) is 24.3 Å². The summed E-state index contributed by atoms with van der Waals surface area (Å²) in [6.45, 7) is 0.352. The van der Waals surface area contributed by atoms with E-state index < -0.39 is 17.9 Å². The number of aryl methyl sites for hydroxylation is 1. The highest BCUT2D eigenvalue weighted by Crippen LogP contribution is 2.05. The number of aliphatic carboxylic acids is 1. The molecule has 1 unspecified atom stereocenters. The quantitative estimate of drug-likeness (QED) is 0.723. The zero-order valence-electron chi connectivity index (χ0n) is 13.3. The Morgan fingerprint density at radius 2 is 2.12 bits per heavy atom. The van der Waals surface area contributed by atoms with E-state index in [9.17, 15) is 14.4 Å². The fourth-order valence-corrected chi connectivity index (χ4v) is 2.25. The van der Waals surface area contributed by atoms with Crippen molar-refractivity contribution in [1.29, 1.82) is 0 Å². The van der Waals surface area contributed by atoms with Gasteiger partial charge in [-0.1, -0.05) is 12.1 Å². The van der Waals surface area contributed by atoms with Gasteiger partial charge in [-0.3, -0.25) is 14.2 Å². The van der Waals surface area contributed by atoms with Gasteiger partial charge in [0.25, 0.3) is 5.56 Å². The van der Waals surface area contributed by atoms with Crippen LogP contribution in [0.15, 0.2) is 35.4 Å². The number of carbonyl (C=O) groups is 2. The summed E-state index contributed by atoms with van der Waals surface area (Å²) in [6.07, 6.45) is 1.54. The van der Waals surface area contributed by atoms with E-state index >= 15 is 0 Å². The number of methoxy groups -OCH3 is 1. The molecule has 0 aliphatic rings. The van der Waals surface area contributed by atoms with E-state index in [4.69, 9.17) is 9.84 Å². The minimum atomic E-state index is -1.12. The number of hydrogen-bond donors (Lipinski definition) is 2. The van der Waals surface area contributed by atoms with Crippen LogP contribution in [0.5, 0.6) is 0 Å². The molecule has 128 valence electrons. The van der Waals surface area contributed by atoms with Crippen LogP contribution in [0.25, 0.3) is 10.9 Å². The summed E-state index contributed by atoms with van der Waals surface area (Å²) in [4.78, 5) is 39.5. The molecule has 24 heavy (non-hydrogen) atoms. The maximum Gasteiger partial charge on any atom is 0.326 e. The zero-order valence-corrected chi connectivity index (χ0v) is 13.3. The highest BCUT2D eigenvalue weighted by Gasteiger charge is 2.19. The summed E-state index contributed by atoms with van der Waals surface area (Å²) in [5, 5.41) is 12.0. The van der Waals surface area contributed by atoms with Crippen molar-refractivity contribution in [2.75, 3.05) is 13.7 Å². The molecule has 8 nitrogen and oxygen atoms in total. The molecule has 1 heterocycles. The van der Waals surface area contributed by atoms with Crippen molar-refractivity contribution in [2.45, 2.75) is 25.4 Å². The lowest BCUT2D eigenvalue weighted by Crippen LogP contribution is -2.42. The van der Waals surface area contributed by atoms with Gasteiger partial charge in [-0.05, 0) is 12.1 Å². The second kappa shape index (κ2) is 8.21. The molecular weight excluding hydrogens is 314 g/mol. The van der Waals surface area contributed by atoms with Crippen molar-refractivity contribution in [3.63, 3.8) is 0 Å². The molecule has 2 aromatic rings. The smallest absolute Gasteiger partial charge is 0.326 e. The van der Waals surface area contributed by atoms with E-state index in [0.29, 0.717) is 10.9 Å². The van der Waals surface area contributed by atoms with Crippen molar-refractivity contribution in [1.82, 2.24) is 14.9 Å². The van der Waals surface area contributed by atoms with Gasteiger partial charge in [0.05, 0.1) is 17.2 Å². The first-order valence-electron chi connectivity index (χ1n) is 7.48. The largest absolute Gasteiger partial charge is 0.480 e. The Labute approximate surface area is 138 Å². The Balaban J connectivity index is 2.00. The van der Waals surface area contributed by atoms with E-state index in [1.165, 1.54) is 18.0 Å². The maximum absolute atomic E-state index is 12.3. The molecular formula is C16H19N3O5. The van der Waals surface area contributed by atoms with Crippen molar-refractivity contribution >= 4 is 22.8 Å². The van der Waals surface area contributed by atoms with Crippen LogP contribution in [0, 0.1) is 0 Å². The lowest BCUT2D eigenvalue weighted by Gasteiger charge is -2.14. The topological polar surface area (TPSA) is 111 Å². The van der Waals surface area contributed by atoms with Crippen LogP contribution in [0.2, 0.25) is 0 Å². The van der Waals surface area contributed by atoms with Crippen molar-refractivity contribution in [3.8, 4) is 0 Å². The van der Waals surface area contributed by atoms with Gasteiger partial charge in [0.15, 0.2) is 0 Å². The first kappa shape index (κ1) is 17.6. The van der Waals surface area contributed by atoms with Gasteiger partial charge in [0, 0.05) is 33.1 Å². The standard InChI is InChI=1S/C16H19N3O5/c1-24-9-7-13(16(22)23)18-14(20)6-8-19-10-17-12-5-3-2-4-11(12)15(19)21/h2-5,10,13H,6-9H2,1H3,(H,18,20)(H,22,23). The van der Waals surface area contributed by atoms with Crippen molar-refractivity contribution < 1.29 is 19.4 Å². The van der Waals surface area contributed by atoms with Crippen LogP contribution < -0.4 is 10.9 Å². The van der Waals surface area contributed by atoms with Crippen LogP contribution in [0.1, 0.15) is 12.8 Å². The average molecular weight is 333 g/mol.